The van der Waals surface area contributed by atoms with Gasteiger partial charge in [0.2, 0.25) is 11.8 Å². The van der Waals surface area contributed by atoms with E-state index in [1.54, 1.807) is 25.1 Å². The molecule has 2 amide bonds. The zero-order valence-corrected chi connectivity index (χ0v) is 21.1. The molecule has 0 saturated heterocycles. The summed E-state index contributed by atoms with van der Waals surface area (Å²) in [6, 6.07) is 1.66. The van der Waals surface area contributed by atoms with E-state index in [1.807, 2.05) is 0 Å². The number of amides is 2. The van der Waals surface area contributed by atoms with E-state index in [0.29, 0.717) is 24.1 Å². The predicted molar refractivity (Wildman–Crippen MR) is 131 cm³/mol. The van der Waals surface area contributed by atoms with E-state index in [-0.39, 0.29) is 42.8 Å². The summed E-state index contributed by atoms with van der Waals surface area (Å²) < 4.78 is 0. The molecule has 7 N–H and O–H groups in total. The molecule has 4 aliphatic carbocycles. The van der Waals surface area contributed by atoms with E-state index in [2.05, 4.69) is 5.32 Å². The smallest absolute Gasteiger partial charge is 0.240 e. The first-order valence-electron chi connectivity index (χ1n) is 12.5. The molecule has 0 bridgehead atoms. The van der Waals surface area contributed by atoms with Gasteiger partial charge in [-0.2, -0.15) is 0 Å². The van der Waals surface area contributed by atoms with E-state index in [0.717, 1.165) is 0 Å². The molecule has 12 heteroatoms. The molecule has 202 valence electrons. The van der Waals surface area contributed by atoms with Crippen molar-refractivity contribution in [2.24, 2.45) is 35.1 Å². The van der Waals surface area contributed by atoms with Crippen LogP contribution in [0.3, 0.4) is 0 Å². The lowest BCUT2D eigenvalue weighted by Crippen LogP contribution is -2.68. The number of hydrogen-bond acceptors (Lipinski definition) is 10. The lowest BCUT2D eigenvalue weighted by Gasteiger charge is -2.48. The van der Waals surface area contributed by atoms with Crippen molar-refractivity contribution >= 4 is 40.6 Å². The molecule has 0 aliphatic heterocycles. The van der Waals surface area contributed by atoms with E-state index in [4.69, 9.17) is 11.5 Å². The minimum absolute atomic E-state index is 0.0189. The van der Waals surface area contributed by atoms with Crippen LogP contribution in [-0.2, 0) is 36.9 Å². The van der Waals surface area contributed by atoms with E-state index >= 15 is 0 Å². The SMILES string of the molecule is CN(C)c1cc(CNC(=O)C2(N)CC2)c(O)c2c1C[C@H]1C[C@H]3CC(=O)C(C(N)=O)C(=O)[C@@]3(O)C(=O)C1C2=O. The third-order valence-corrected chi connectivity index (χ3v) is 8.62. The van der Waals surface area contributed by atoms with Crippen molar-refractivity contribution in [1.82, 2.24) is 5.32 Å². The molecule has 2 unspecified atom stereocenters. The molecule has 3 saturated carbocycles. The van der Waals surface area contributed by atoms with Crippen LogP contribution in [0.2, 0.25) is 0 Å². The molecule has 38 heavy (non-hydrogen) atoms. The number of primary amides is 1. The number of fused-ring (bicyclic) bond motifs is 3. The number of ketones is 4. The topological polar surface area (TPSA) is 210 Å². The molecule has 3 fully saturated rings. The third kappa shape index (κ3) is 3.57. The second-order valence-corrected chi connectivity index (χ2v) is 11.2. The van der Waals surface area contributed by atoms with Crippen LogP contribution in [0.5, 0.6) is 5.75 Å². The third-order valence-electron chi connectivity index (χ3n) is 8.62. The fraction of sp³-hybridized carbons (Fsp3) is 0.538. The number of Topliss-reactive ketones (excluding diaryl/α,β-unsaturated/α-hetero) is 4. The molecule has 12 nitrogen and oxygen atoms in total. The largest absolute Gasteiger partial charge is 0.507 e. The van der Waals surface area contributed by atoms with Crippen LogP contribution in [0, 0.1) is 23.7 Å². The number of anilines is 1. The molecule has 0 spiro atoms. The molecule has 0 heterocycles. The molecule has 0 aromatic heterocycles. The summed E-state index contributed by atoms with van der Waals surface area (Å²) in [5, 5.41) is 25.2. The Morgan fingerprint density at radius 2 is 1.79 bits per heavy atom. The summed E-state index contributed by atoms with van der Waals surface area (Å²) >= 11 is 0. The fourth-order valence-electron chi connectivity index (χ4n) is 6.32. The number of nitrogens with zero attached hydrogens (tertiary/aromatic N) is 1. The Hall–Kier alpha value is -3.64. The lowest BCUT2D eigenvalue weighted by atomic mass is 9.53. The summed E-state index contributed by atoms with van der Waals surface area (Å²) in [6.07, 6.45) is 0.897. The highest BCUT2D eigenvalue weighted by atomic mass is 16.3. The Kier molecular flexibility index (Phi) is 5.77. The van der Waals surface area contributed by atoms with Crippen molar-refractivity contribution in [1.29, 1.82) is 0 Å². The van der Waals surface area contributed by atoms with Gasteiger partial charge in [-0.05, 0) is 43.2 Å². The van der Waals surface area contributed by atoms with Gasteiger partial charge in [-0.25, -0.2) is 0 Å². The molecule has 0 radical (unpaired) electrons. The number of aliphatic hydroxyl groups is 1. The number of nitrogens with two attached hydrogens (primary N) is 2. The van der Waals surface area contributed by atoms with E-state index < -0.39 is 69.6 Å². The van der Waals surface area contributed by atoms with Crippen LogP contribution >= 0.6 is 0 Å². The van der Waals surface area contributed by atoms with Gasteiger partial charge in [0, 0.05) is 44.2 Å². The number of phenolic OH excluding ortho intramolecular Hbond substituents is 1. The highest BCUT2D eigenvalue weighted by Gasteiger charge is 2.66. The Morgan fingerprint density at radius 3 is 2.37 bits per heavy atom. The number of carbonyl (C=O) groups excluding carboxylic acids is 6. The summed E-state index contributed by atoms with van der Waals surface area (Å²) in [6.45, 7) is -0.111. The Morgan fingerprint density at radius 1 is 1.13 bits per heavy atom. The maximum Gasteiger partial charge on any atom is 0.240 e. The quantitative estimate of drug-likeness (QED) is 0.280. The van der Waals surface area contributed by atoms with Crippen LogP contribution in [-0.4, -0.2) is 70.4 Å². The Labute approximate surface area is 217 Å². The van der Waals surface area contributed by atoms with Gasteiger partial charge in [0.25, 0.3) is 0 Å². The number of phenols is 1. The van der Waals surface area contributed by atoms with Crippen LogP contribution in [0.4, 0.5) is 5.69 Å². The minimum atomic E-state index is -2.70. The zero-order chi connectivity index (χ0) is 27.9. The van der Waals surface area contributed by atoms with Crippen molar-refractivity contribution in [3.63, 3.8) is 0 Å². The molecule has 4 aliphatic rings. The first kappa shape index (κ1) is 26.0. The van der Waals surface area contributed by atoms with Crippen molar-refractivity contribution in [3.05, 3.63) is 22.8 Å². The second-order valence-electron chi connectivity index (χ2n) is 11.2. The Balaban J connectivity index is 1.55. The maximum atomic E-state index is 13.8. The van der Waals surface area contributed by atoms with Gasteiger partial charge in [0.1, 0.15) is 5.75 Å². The van der Waals surface area contributed by atoms with Gasteiger partial charge < -0.3 is 31.9 Å². The molecular formula is C26H30N4O8. The minimum Gasteiger partial charge on any atom is -0.507 e. The van der Waals surface area contributed by atoms with Crippen LogP contribution in [0.15, 0.2) is 6.07 Å². The van der Waals surface area contributed by atoms with Gasteiger partial charge in [-0.15, -0.1) is 0 Å². The summed E-state index contributed by atoms with van der Waals surface area (Å²) in [5.41, 5.74) is 8.72. The first-order chi connectivity index (χ1) is 17.7. The number of carbonyl (C=O) groups is 6. The molecule has 1 aromatic carbocycles. The van der Waals surface area contributed by atoms with Crippen molar-refractivity contribution in [2.45, 2.75) is 49.8 Å². The van der Waals surface area contributed by atoms with Crippen LogP contribution in [0.25, 0.3) is 0 Å². The average Bonchev–Trinajstić information content (AvgIpc) is 3.58. The average molecular weight is 527 g/mol. The summed E-state index contributed by atoms with van der Waals surface area (Å²) in [7, 11) is 3.50. The van der Waals surface area contributed by atoms with Gasteiger partial charge in [0.15, 0.2) is 34.7 Å². The lowest BCUT2D eigenvalue weighted by molar-refractivity contribution is -0.175. The van der Waals surface area contributed by atoms with Gasteiger partial charge >= 0.3 is 0 Å². The van der Waals surface area contributed by atoms with Gasteiger partial charge in [-0.3, -0.25) is 28.8 Å². The normalized spacial score (nSPS) is 31.2. The monoisotopic (exact) mass is 526 g/mol. The Bertz CT molecular complexity index is 1330. The molecular weight excluding hydrogens is 496 g/mol. The van der Waals surface area contributed by atoms with E-state index in [1.165, 1.54) is 0 Å². The summed E-state index contributed by atoms with van der Waals surface area (Å²) in [4.78, 5) is 78.9. The number of benzene rings is 1. The van der Waals surface area contributed by atoms with Gasteiger partial charge in [0.05, 0.1) is 17.0 Å². The maximum absolute atomic E-state index is 13.8. The molecule has 5 rings (SSSR count). The highest BCUT2D eigenvalue weighted by molar-refractivity contribution is 6.31. The first-order valence-corrected chi connectivity index (χ1v) is 12.5. The number of rotatable bonds is 5. The predicted octanol–water partition coefficient (Wildman–Crippen LogP) is -1.50. The van der Waals surface area contributed by atoms with Gasteiger partial charge in [-0.1, -0.05) is 0 Å². The standard InChI is InChI=1S/C26H30N4O8/c1-30(2)14-7-11(9-29-24(37)25(28)3-4-25)19(32)17-13(14)6-10-5-12-8-15(31)18(23(27)36)22(35)26(12,38)21(34)16(10)20(17)33/h7,10,12,16,18,32,38H,3-6,8-9,28H2,1-2H3,(H2,27,36)(H,29,37)/t10-,12+,16?,18?,26+/m1/s1. The fourth-order valence-corrected chi connectivity index (χ4v) is 6.32. The van der Waals surface area contributed by atoms with Crippen molar-refractivity contribution in [2.75, 3.05) is 19.0 Å². The van der Waals surface area contributed by atoms with Crippen LogP contribution in [0.1, 0.15) is 47.2 Å². The van der Waals surface area contributed by atoms with Crippen molar-refractivity contribution < 1.29 is 39.0 Å². The van der Waals surface area contributed by atoms with Crippen LogP contribution < -0.4 is 21.7 Å². The molecule has 1 aromatic rings. The summed E-state index contributed by atoms with van der Waals surface area (Å²) in [5.74, 6) is -11.1. The number of aromatic hydroxyl groups is 1. The van der Waals surface area contributed by atoms with Crippen molar-refractivity contribution in [3.8, 4) is 5.75 Å². The second kappa shape index (κ2) is 8.43. The number of hydrogen-bond donors (Lipinski definition) is 5. The van der Waals surface area contributed by atoms with E-state index in [9.17, 15) is 39.0 Å². The number of nitrogens with one attached hydrogen (secondary N) is 1. The highest BCUT2D eigenvalue weighted by Crippen LogP contribution is 2.51. The zero-order valence-electron chi connectivity index (χ0n) is 21.1. The molecule has 5 atom stereocenters.